The normalized spacial score (nSPS) is 9.60. The fourth-order valence-corrected chi connectivity index (χ4v) is 0. The molecule has 0 bridgehead atoms. The summed E-state index contributed by atoms with van der Waals surface area (Å²) in [5.41, 5.74) is 0. The van der Waals surface area contributed by atoms with Gasteiger partial charge < -0.3 is 5.11 Å². The van der Waals surface area contributed by atoms with Crippen LogP contribution in [-0.4, -0.2) is 11.7 Å². The molecule has 0 spiro atoms. The lowest BCUT2D eigenvalue weighted by molar-refractivity contribution is 0.261. The van der Waals surface area contributed by atoms with E-state index in [0.717, 1.165) is 0 Å². The van der Waals surface area contributed by atoms with Crippen molar-refractivity contribution in [3.63, 3.8) is 0 Å². The second kappa shape index (κ2) is 2.21. The lowest BCUT2D eigenvalue weighted by atomic mass is 10.2. The lowest BCUT2D eigenvalue weighted by Gasteiger charge is -1.89. The molecule has 0 aliphatic carbocycles. The SMILES string of the molecule is [CH2][C@H](C)CO. The zero-order valence-corrected chi connectivity index (χ0v) is 3.44. The lowest BCUT2D eigenvalue weighted by Crippen LogP contribution is -1.91. The third kappa shape index (κ3) is 3.96. The molecule has 0 aromatic heterocycles. The molecule has 0 fully saturated rings. The number of hydrogen-bond acceptors (Lipinski definition) is 1. The molecule has 1 nitrogen and oxygen atoms in total. The Hall–Kier alpha value is -0.0400. The molecule has 1 radical (unpaired) electrons. The van der Waals surface area contributed by atoms with Gasteiger partial charge in [0.15, 0.2) is 0 Å². The molecule has 0 aromatic carbocycles. The van der Waals surface area contributed by atoms with Crippen molar-refractivity contribution in [2.24, 2.45) is 5.92 Å². The van der Waals surface area contributed by atoms with Crippen molar-refractivity contribution in [3.05, 3.63) is 6.92 Å². The van der Waals surface area contributed by atoms with Crippen molar-refractivity contribution in [3.8, 4) is 0 Å². The van der Waals surface area contributed by atoms with E-state index in [1.165, 1.54) is 0 Å². The Labute approximate surface area is 32.6 Å². The van der Waals surface area contributed by atoms with E-state index < -0.39 is 0 Å². The van der Waals surface area contributed by atoms with Crippen LogP contribution in [0.1, 0.15) is 6.92 Å². The van der Waals surface area contributed by atoms with Gasteiger partial charge in [0.25, 0.3) is 0 Å². The van der Waals surface area contributed by atoms with E-state index in [-0.39, 0.29) is 12.5 Å². The highest BCUT2D eigenvalue weighted by Crippen LogP contribution is 1.82. The number of aliphatic hydroxyl groups excluding tert-OH is 1. The molecule has 31 valence electrons. The smallest absolute Gasteiger partial charge is 0.0456 e. The maximum atomic E-state index is 8.08. The van der Waals surface area contributed by atoms with E-state index in [4.69, 9.17) is 5.11 Å². The first-order valence-corrected chi connectivity index (χ1v) is 1.71. The third-order valence-electron chi connectivity index (χ3n) is 0.312. The molecule has 0 unspecified atom stereocenters. The van der Waals surface area contributed by atoms with Crippen molar-refractivity contribution >= 4 is 0 Å². The Bertz CT molecular complexity index is 17.6. The van der Waals surface area contributed by atoms with Crippen LogP contribution in [0.5, 0.6) is 0 Å². The summed E-state index contributed by atoms with van der Waals surface area (Å²) in [5, 5.41) is 8.08. The van der Waals surface area contributed by atoms with Gasteiger partial charge in [-0.15, -0.1) is 0 Å². The highest BCUT2D eigenvalue weighted by Gasteiger charge is 1.81. The fraction of sp³-hybridized carbons (Fsp3) is 0.750. The van der Waals surface area contributed by atoms with Gasteiger partial charge in [-0.2, -0.15) is 0 Å². The zero-order valence-electron chi connectivity index (χ0n) is 3.44. The van der Waals surface area contributed by atoms with Crippen LogP contribution in [0.15, 0.2) is 0 Å². The molecule has 0 rings (SSSR count). The largest absolute Gasteiger partial charge is 0.396 e. The highest BCUT2D eigenvalue weighted by atomic mass is 16.3. The van der Waals surface area contributed by atoms with Crippen LogP contribution in [0.4, 0.5) is 0 Å². The molecule has 0 heterocycles. The molecular weight excluding hydrogens is 64.0 g/mol. The second-order valence-corrected chi connectivity index (χ2v) is 1.29. The summed E-state index contributed by atoms with van der Waals surface area (Å²) in [5.74, 6) is 0.190. The van der Waals surface area contributed by atoms with Crippen molar-refractivity contribution in [2.75, 3.05) is 6.61 Å². The highest BCUT2D eigenvalue weighted by molar-refractivity contribution is 4.46. The monoisotopic (exact) mass is 73.1 g/mol. The molecule has 1 atom stereocenters. The Kier molecular flexibility index (Phi) is 2.19. The quantitative estimate of drug-likeness (QED) is 0.477. The average Bonchev–Trinajstić information content (AvgIpc) is 1.38. The van der Waals surface area contributed by atoms with E-state index in [9.17, 15) is 0 Å². The maximum absolute atomic E-state index is 8.08. The van der Waals surface area contributed by atoms with Crippen molar-refractivity contribution in [1.29, 1.82) is 0 Å². The van der Waals surface area contributed by atoms with Gasteiger partial charge >= 0.3 is 0 Å². The van der Waals surface area contributed by atoms with Gasteiger partial charge in [-0.05, 0) is 12.8 Å². The van der Waals surface area contributed by atoms with Crippen LogP contribution in [0.25, 0.3) is 0 Å². The summed E-state index contributed by atoms with van der Waals surface area (Å²) in [4.78, 5) is 0. The Morgan fingerprint density at radius 3 is 2.20 bits per heavy atom. The third-order valence-corrected chi connectivity index (χ3v) is 0.312. The van der Waals surface area contributed by atoms with Gasteiger partial charge in [0, 0.05) is 6.61 Å². The number of aliphatic hydroxyl groups is 1. The minimum atomic E-state index is 0.190. The predicted octanol–water partition coefficient (Wildman–Crippen LogP) is 0.449. The summed E-state index contributed by atoms with van der Waals surface area (Å²) in [6.07, 6.45) is 0. The Morgan fingerprint density at radius 2 is 2.20 bits per heavy atom. The molecule has 0 aliphatic heterocycles. The minimum Gasteiger partial charge on any atom is -0.396 e. The standard InChI is InChI=1S/C4H9O/c1-4(2)3-5/h4-5H,1,3H2,2H3/t4-/m1/s1. The van der Waals surface area contributed by atoms with Crippen molar-refractivity contribution < 1.29 is 5.11 Å². The molecular formula is C4H9O. The van der Waals surface area contributed by atoms with Crippen molar-refractivity contribution in [2.45, 2.75) is 6.92 Å². The molecule has 0 saturated heterocycles. The van der Waals surface area contributed by atoms with Gasteiger partial charge in [0.2, 0.25) is 0 Å². The first-order chi connectivity index (χ1) is 2.27. The van der Waals surface area contributed by atoms with E-state index in [2.05, 4.69) is 6.92 Å². The molecule has 0 aromatic rings. The molecule has 1 N–H and O–H groups in total. The summed E-state index contributed by atoms with van der Waals surface area (Å²) in [6.45, 7) is 5.56. The number of hydrogen-bond donors (Lipinski definition) is 1. The Balaban J connectivity index is 2.54. The Morgan fingerprint density at radius 1 is 2.00 bits per heavy atom. The molecule has 5 heavy (non-hydrogen) atoms. The summed E-state index contributed by atoms with van der Waals surface area (Å²) < 4.78 is 0. The maximum Gasteiger partial charge on any atom is 0.0456 e. The fourth-order valence-electron chi connectivity index (χ4n) is 0. The van der Waals surface area contributed by atoms with Gasteiger partial charge in [0.1, 0.15) is 0 Å². The second-order valence-electron chi connectivity index (χ2n) is 1.29. The summed E-state index contributed by atoms with van der Waals surface area (Å²) >= 11 is 0. The molecule has 1 heteroatoms. The predicted molar refractivity (Wildman–Crippen MR) is 21.6 cm³/mol. The van der Waals surface area contributed by atoms with Crippen LogP contribution in [-0.2, 0) is 0 Å². The van der Waals surface area contributed by atoms with Crippen molar-refractivity contribution in [1.82, 2.24) is 0 Å². The van der Waals surface area contributed by atoms with Crippen LogP contribution < -0.4 is 0 Å². The minimum absolute atomic E-state index is 0.190. The van der Waals surface area contributed by atoms with E-state index in [1.54, 1.807) is 0 Å². The van der Waals surface area contributed by atoms with E-state index >= 15 is 0 Å². The topological polar surface area (TPSA) is 20.2 Å². The van der Waals surface area contributed by atoms with Gasteiger partial charge in [-0.3, -0.25) is 0 Å². The summed E-state index contributed by atoms with van der Waals surface area (Å²) in [6, 6.07) is 0. The van der Waals surface area contributed by atoms with Crippen LogP contribution in [0.3, 0.4) is 0 Å². The van der Waals surface area contributed by atoms with E-state index in [0.29, 0.717) is 0 Å². The molecule has 0 aliphatic rings. The molecule has 0 amide bonds. The van der Waals surface area contributed by atoms with Crippen LogP contribution >= 0.6 is 0 Å². The van der Waals surface area contributed by atoms with Crippen LogP contribution in [0.2, 0.25) is 0 Å². The van der Waals surface area contributed by atoms with Gasteiger partial charge in [-0.25, -0.2) is 0 Å². The van der Waals surface area contributed by atoms with Gasteiger partial charge in [-0.1, -0.05) is 6.92 Å². The van der Waals surface area contributed by atoms with E-state index in [1.807, 2.05) is 6.92 Å². The summed E-state index contributed by atoms with van der Waals surface area (Å²) in [7, 11) is 0. The molecule has 0 saturated carbocycles. The average molecular weight is 73.1 g/mol. The van der Waals surface area contributed by atoms with Crippen LogP contribution in [0, 0.1) is 12.8 Å². The number of rotatable bonds is 1. The first-order valence-electron chi connectivity index (χ1n) is 1.71. The first kappa shape index (κ1) is 4.96. The van der Waals surface area contributed by atoms with Gasteiger partial charge in [0.05, 0.1) is 0 Å². The zero-order chi connectivity index (χ0) is 4.28.